The van der Waals surface area contributed by atoms with Crippen molar-refractivity contribution >= 4 is 33.4 Å². The van der Waals surface area contributed by atoms with Gasteiger partial charge in [0.2, 0.25) is 0 Å². The summed E-state index contributed by atoms with van der Waals surface area (Å²) >= 11 is 9.41. The first-order chi connectivity index (χ1) is 13.5. The third-order valence-electron chi connectivity index (χ3n) is 4.89. The minimum absolute atomic E-state index is 0.00237. The quantitative estimate of drug-likeness (QED) is 0.651. The molecule has 0 N–H and O–H groups in total. The first kappa shape index (κ1) is 21.0. The van der Waals surface area contributed by atoms with Crippen molar-refractivity contribution in [2.24, 2.45) is 0 Å². The molecule has 1 amide bonds. The highest BCUT2D eigenvalue weighted by Gasteiger charge is 2.22. The molecular formula is C21H24BrClN2O3. The van der Waals surface area contributed by atoms with E-state index >= 15 is 0 Å². The fourth-order valence-corrected chi connectivity index (χ4v) is 4.03. The lowest BCUT2D eigenvalue weighted by Gasteiger charge is -2.23. The van der Waals surface area contributed by atoms with Gasteiger partial charge in [0.1, 0.15) is 16.0 Å². The van der Waals surface area contributed by atoms with Gasteiger partial charge in [0.25, 0.3) is 5.91 Å². The Labute approximate surface area is 179 Å². The zero-order chi connectivity index (χ0) is 20.1. The van der Waals surface area contributed by atoms with Crippen LogP contribution < -0.4 is 9.47 Å². The number of carbonyl (C=O) groups is 1. The van der Waals surface area contributed by atoms with Gasteiger partial charge in [-0.05, 0) is 52.2 Å². The minimum Gasteiger partial charge on any atom is -0.495 e. The van der Waals surface area contributed by atoms with Gasteiger partial charge in [-0.2, -0.15) is 0 Å². The van der Waals surface area contributed by atoms with Gasteiger partial charge in [0, 0.05) is 43.3 Å². The van der Waals surface area contributed by atoms with E-state index in [1.165, 1.54) is 5.56 Å². The highest BCUT2D eigenvalue weighted by Crippen LogP contribution is 2.36. The topological polar surface area (TPSA) is 42.0 Å². The Morgan fingerprint density at radius 2 is 1.68 bits per heavy atom. The Morgan fingerprint density at radius 1 is 1.04 bits per heavy atom. The molecule has 0 radical (unpaired) electrons. The maximum atomic E-state index is 13.1. The van der Waals surface area contributed by atoms with E-state index in [9.17, 15) is 4.79 Å². The van der Waals surface area contributed by atoms with E-state index in [4.69, 9.17) is 21.1 Å². The van der Waals surface area contributed by atoms with Crippen molar-refractivity contribution in [3.8, 4) is 11.5 Å². The number of methoxy groups -OCH3 is 2. The van der Waals surface area contributed by atoms with Crippen LogP contribution in [0, 0.1) is 0 Å². The lowest BCUT2D eigenvalue weighted by Crippen LogP contribution is -2.35. The van der Waals surface area contributed by atoms with Gasteiger partial charge < -0.3 is 14.4 Å². The molecule has 2 aromatic rings. The molecule has 2 aromatic carbocycles. The molecule has 3 rings (SSSR count). The van der Waals surface area contributed by atoms with Crippen molar-refractivity contribution < 1.29 is 14.3 Å². The monoisotopic (exact) mass is 466 g/mol. The van der Waals surface area contributed by atoms with E-state index in [0.29, 0.717) is 28.1 Å². The summed E-state index contributed by atoms with van der Waals surface area (Å²) in [6, 6.07) is 11.4. The molecule has 0 saturated carbocycles. The van der Waals surface area contributed by atoms with Crippen LogP contribution in [0.3, 0.4) is 0 Å². The Hall–Kier alpha value is -1.76. The number of carbonyl (C=O) groups excluding carboxylic acids is 1. The number of amides is 1. The van der Waals surface area contributed by atoms with Gasteiger partial charge in [-0.25, -0.2) is 0 Å². The van der Waals surface area contributed by atoms with Gasteiger partial charge in [-0.3, -0.25) is 9.69 Å². The number of halogens is 2. The molecule has 28 heavy (non-hydrogen) atoms. The number of ether oxygens (including phenoxy) is 2. The third-order valence-corrected chi connectivity index (χ3v) is 5.92. The third kappa shape index (κ3) is 4.99. The van der Waals surface area contributed by atoms with Crippen LogP contribution >= 0.6 is 27.5 Å². The second-order valence-corrected chi connectivity index (χ2v) is 7.97. The standard InChI is InChI=1S/C21H24BrClN2O3/c1-27-18-12-16(13-19(28-2)20(18)22)21(26)25-9-3-8-24(10-11-25)14-15-4-6-17(23)7-5-15/h4-7,12-13H,3,8-11,14H2,1-2H3. The first-order valence-electron chi connectivity index (χ1n) is 9.19. The van der Waals surface area contributed by atoms with Crippen molar-refractivity contribution in [3.05, 3.63) is 57.0 Å². The normalized spacial score (nSPS) is 15.2. The molecule has 0 unspecified atom stereocenters. The zero-order valence-corrected chi connectivity index (χ0v) is 18.4. The van der Waals surface area contributed by atoms with E-state index in [0.717, 1.165) is 37.6 Å². The zero-order valence-electron chi connectivity index (χ0n) is 16.1. The van der Waals surface area contributed by atoms with Gasteiger partial charge >= 0.3 is 0 Å². The molecule has 0 spiro atoms. The van der Waals surface area contributed by atoms with Crippen LogP contribution in [0.5, 0.6) is 11.5 Å². The van der Waals surface area contributed by atoms with E-state index in [1.807, 2.05) is 17.0 Å². The predicted molar refractivity (Wildman–Crippen MR) is 114 cm³/mol. The molecule has 1 aliphatic rings. The SMILES string of the molecule is COc1cc(C(=O)N2CCCN(Cc3ccc(Cl)cc3)CC2)cc(OC)c1Br. The Morgan fingerprint density at radius 3 is 2.29 bits per heavy atom. The Bertz CT molecular complexity index is 804. The molecule has 7 heteroatoms. The van der Waals surface area contributed by atoms with E-state index < -0.39 is 0 Å². The van der Waals surface area contributed by atoms with Crippen LogP contribution in [0.15, 0.2) is 40.9 Å². The summed E-state index contributed by atoms with van der Waals surface area (Å²) in [5, 5.41) is 0.747. The molecule has 5 nitrogen and oxygen atoms in total. The second kappa shape index (κ2) is 9.63. The van der Waals surface area contributed by atoms with E-state index in [-0.39, 0.29) is 5.91 Å². The number of hydrogen-bond donors (Lipinski definition) is 0. The molecule has 0 atom stereocenters. The highest BCUT2D eigenvalue weighted by atomic mass is 79.9. The molecule has 150 valence electrons. The molecular weight excluding hydrogens is 444 g/mol. The summed E-state index contributed by atoms with van der Waals surface area (Å²) in [5.41, 5.74) is 1.80. The fraction of sp³-hybridized carbons (Fsp3) is 0.381. The van der Waals surface area contributed by atoms with Gasteiger partial charge in [-0.1, -0.05) is 23.7 Å². The van der Waals surface area contributed by atoms with Crippen LogP contribution in [0.4, 0.5) is 0 Å². The summed E-state index contributed by atoms with van der Waals surface area (Å²) < 4.78 is 11.4. The van der Waals surface area contributed by atoms with E-state index in [1.54, 1.807) is 26.4 Å². The van der Waals surface area contributed by atoms with Gasteiger partial charge in [0.15, 0.2) is 0 Å². The van der Waals surface area contributed by atoms with Crippen molar-refractivity contribution in [2.75, 3.05) is 40.4 Å². The lowest BCUT2D eigenvalue weighted by atomic mass is 10.1. The van der Waals surface area contributed by atoms with Crippen molar-refractivity contribution in [1.29, 1.82) is 0 Å². The van der Waals surface area contributed by atoms with Crippen molar-refractivity contribution in [2.45, 2.75) is 13.0 Å². The second-order valence-electron chi connectivity index (χ2n) is 6.74. The number of benzene rings is 2. The smallest absolute Gasteiger partial charge is 0.254 e. The minimum atomic E-state index is -0.00237. The molecule has 0 bridgehead atoms. The fourth-order valence-electron chi connectivity index (χ4n) is 3.36. The molecule has 1 aliphatic heterocycles. The van der Waals surface area contributed by atoms with Crippen LogP contribution in [0.2, 0.25) is 5.02 Å². The van der Waals surface area contributed by atoms with Crippen LogP contribution in [-0.2, 0) is 6.54 Å². The molecule has 0 aromatic heterocycles. The van der Waals surface area contributed by atoms with Crippen LogP contribution in [0.25, 0.3) is 0 Å². The Kier molecular flexibility index (Phi) is 7.21. The lowest BCUT2D eigenvalue weighted by molar-refractivity contribution is 0.0760. The maximum Gasteiger partial charge on any atom is 0.254 e. The summed E-state index contributed by atoms with van der Waals surface area (Å²) in [7, 11) is 3.16. The molecule has 1 heterocycles. The van der Waals surface area contributed by atoms with Crippen LogP contribution in [-0.4, -0.2) is 56.1 Å². The average molecular weight is 468 g/mol. The number of hydrogen-bond acceptors (Lipinski definition) is 4. The average Bonchev–Trinajstić information content (AvgIpc) is 2.95. The van der Waals surface area contributed by atoms with Crippen molar-refractivity contribution in [1.82, 2.24) is 9.80 Å². The van der Waals surface area contributed by atoms with Gasteiger partial charge in [0.05, 0.1) is 14.2 Å². The largest absolute Gasteiger partial charge is 0.495 e. The predicted octanol–water partition coefficient (Wildman–Crippen LogP) is 4.47. The number of nitrogens with zero attached hydrogens (tertiary/aromatic N) is 2. The molecule has 1 saturated heterocycles. The Balaban J connectivity index is 1.68. The summed E-state index contributed by atoms with van der Waals surface area (Å²) in [6.45, 7) is 4.07. The van der Waals surface area contributed by atoms with Crippen LogP contribution in [0.1, 0.15) is 22.3 Å². The van der Waals surface area contributed by atoms with Crippen molar-refractivity contribution in [3.63, 3.8) is 0 Å². The maximum absolute atomic E-state index is 13.1. The summed E-state index contributed by atoms with van der Waals surface area (Å²) in [4.78, 5) is 17.3. The molecule has 0 aliphatic carbocycles. The first-order valence-corrected chi connectivity index (χ1v) is 10.4. The summed E-state index contributed by atoms with van der Waals surface area (Å²) in [5.74, 6) is 1.17. The molecule has 1 fully saturated rings. The highest BCUT2D eigenvalue weighted by molar-refractivity contribution is 9.10. The number of rotatable bonds is 5. The summed E-state index contributed by atoms with van der Waals surface area (Å²) in [6.07, 6.45) is 0.935. The van der Waals surface area contributed by atoms with Gasteiger partial charge in [-0.15, -0.1) is 0 Å². The van der Waals surface area contributed by atoms with E-state index in [2.05, 4.69) is 33.0 Å².